The molecule has 27 heavy (non-hydrogen) atoms. The molecule has 0 unspecified atom stereocenters. The molecule has 0 bridgehead atoms. The maximum absolute atomic E-state index is 10.4. The van der Waals surface area contributed by atoms with Crippen LogP contribution in [0.15, 0.2) is 54.9 Å². The first kappa shape index (κ1) is 17.0. The minimum Gasteiger partial charge on any atom is -0.497 e. The van der Waals surface area contributed by atoms with Gasteiger partial charge in [-0.1, -0.05) is 18.2 Å². The summed E-state index contributed by atoms with van der Waals surface area (Å²) >= 11 is 0. The molecule has 0 amide bonds. The molecule has 2 aromatic heterocycles. The van der Waals surface area contributed by atoms with Crippen LogP contribution in [-0.2, 0) is 6.42 Å². The summed E-state index contributed by atoms with van der Waals surface area (Å²) < 4.78 is 5.16. The first-order valence-corrected chi connectivity index (χ1v) is 8.52. The second-order valence-corrected chi connectivity index (χ2v) is 6.28. The number of hydrogen-bond acceptors (Lipinski definition) is 6. The zero-order valence-corrected chi connectivity index (χ0v) is 14.8. The van der Waals surface area contributed by atoms with E-state index in [2.05, 4.69) is 20.2 Å². The van der Waals surface area contributed by atoms with Gasteiger partial charge in [0.2, 0.25) is 5.88 Å². The summed E-state index contributed by atoms with van der Waals surface area (Å²) in [6.45, 7) is 0. The molecular formula is C20H19N5O2. The van der Waals surface area contributed by atoms with Gasteiger partial charge in [-0.15, -0.1) is 0 Å². The van der Waals surface area contributed by atoms with Crippen LogP contribution in [0, 0.1) is 0 Å². The highest BCUT2D eigenvalue weighted by Crippen LogP contribution is 2.28. The van der Waals surface area contributed by atoms with Crippen LogP contribution in [0.2, 0.25) is 0 Å². The lowest BCUT2D eigenvalue weighted by Crippen LogP contribution is -2.16. The first-order chi connectivity index (χ1) is 13.1. The van der Waals surface area contributed by atoms with Crippen molar-refractivity contribution in [1.82, 2.24) is 20.2 Å². The molecule has 1 atom stereocenters. The van der Waals surface area contributed by atoms with Crippen molar-refractivity contribution in [2.24, 2.45) is 5.73 Å². The van der Waals surface area contributed by atoms with Gasteiger partial charge >= 0.3 is 0 Å². The summed E-state index contributed by atoms with van der Waals surface area (Å²) in [6.07, 6.45) is 4.07. The molecule has 0 aliphatic rings. The molecule has 0 aliphatic carbocycles. The van der Waals surface area contributed by atoms with Crippen molar-refractivity contribution in [3.05, 3.63) is 66.2 Å². The average Bonchev–Trinajstić information content (AvgIpc) is 3.23. The monoisotopic (exact) mass is 361 g/mol. The minimum absolute atomic E-state index is 0.0782. The molecule has 0 saturated carbocycles. The molecule has 2 heterocycles. The molecule has 4 aromatic rings. The number of aromatic amines is 1. The molecular weight excluding hydrogens is 342 g/mol. The van der Waals surface area contributed by atoms with Crippen molar-refractivity contribution < 1.29 is 9.84 Å². The summed E-state index contributed by atoms with van der Waals surface area (Å²) in [6, 6.07) is 12.9. The Morgan fingerprint density at radius 2 is 1.93 bits per heavy atom. The van der Waals surface area contributed by atoms with E-state index in [9.17, 15) is 5.11 Å². The van der Waals surface area contributed by atoms with Crippen molar-refractivity contribution in [2.45, 2.75) is 12.5 Å². The normalized spacial score (nSPS) is 12.2. The number of aromatic hydroxyl groups is 1. The number of aromatic nitrogens is 4. The molecule has 4 rings (SSSR count). The van der Waals surface area contributed by atoms with Crippen molar-refractivity contribution in [3.63, 3.8) is 0 Å². The van der Waals surface area contributed by atoms with E-state index >= 15 is 0 Å². The number of rotatable bonds is 5. The topological polar surface area (TPSA) is 110 Å². The Bertz CT molecular complexity index is 1060. The molecule has 7 heteroatoms. The fourth-order valence-electron chi connectivity index (χ4n) is 2.99. The van der Waals surface area contributed by atoms with E-state index in [1.165, 1.54) is 0 Å². The van der Waals surface area contributed by atoms with Crippen LogP contribution in [0.3, 0.4) is 0 Å². The van der Waals surface area contributed by atoms with Crippen LogP contribution in [0.25, 0.3) is 22.0 Å². The Morgan fingerprint density at radius 3 is 2.63 bits per heavy atom. The van der Waals surface area contributed by atoms with E-state index in [-0.39, 0.29) is 5.88 Å². The molecule has 0 aliphatic heterocycles. The third-order valence-corrected chi connectivity index (χ3v) is 4.47. The fourth-order valence-corrected chi connectivity index (χ4v) is 2.99. The smallest absolute Gasteiger partial charge is 0.222 e. The Kier molecular flexibility index (Phi) is 4.43. The highest BCUT2D eigenvalue weighted by atomic mass is 16.5. The van der Waals surface area contributed by atoms with Gasteiger partial charge in [0.1, 0.15) is 11.6 Å². The second kappa shape index (κ2) is 7.05. The predicted molar refractivity (Wildman–Crippen MR) is 102 cm³/mol. The van der Waals surface area contributed by atoms with Gasteiger partial charge < -0.3 is 15.6 Å². The largest absolute Gasteiger partial charge is 0.497 e. The number of nitrogens with zero attached hydrogens (tertiary/aromatic N) is 3. The van der Waals surface area contributed by atoms with E-state index in [0.717, 1.165) is 22.4 Å². The van der Waals surface area contributed by atoms with Gasteiger partial charge in [-0.25, -0.2) is 4.98 Å². The van der Waals surface area contributed by atoms with Crippen LogP contribution in [0.5, 0.6) is 11.6 Å². The van der Waals surface area contributed by atoms with E-state index < -0.39 is 6.04 Å². The highest BCUT2D eigenvalue weighted by Gasteiger charge is 2.15. The Hall–Kier alpha value is -3.45. The van der Waals surface area contributed by atoms with Crippen molar-refractivity contribution in [1.29, 1.82) is 0 Å². The average molecular weight is 361 g/mol. The SMILES string of the molecule is COc1ccc(C[C@@H](N)c2nc(O)c3cc(-c4cn[nH]c4)ccc3n2)cc1. The number of fused-ring (bicyclic) bond motifs is 1. The van der Waals surface area contributed by atoms with Crippen LogP contribution in [-0.4, -0.2) is 32.4 Å². The molecule has 4 N–H and O–H groups in total. The van der Waals surface area contributed by atoms with E-state index in [1.807, 2.05) is 42.5 Å². The van der Waals surface area contributed by atoms with E-state index in [4.69, 9.17) is 10.5 Å². The molecule has 0 spiro atoms. The van der Waals surface area contributed by atoms with Gasteiger partial charge in [0, 0.05) is 11.8 Å². The number of nitrogens with two attached hydrogens (primary N) is 1. The van der Waals surface area contributed by atoms with Crippen molar-refractivity contribution in [3.8, 4) is 22.8 Å². The van der Waals surface area contributed by atoms with Crippen LogP contribution in [0.4, 0.5) is 0 Å². The van der Waals surface area contributed by atoms with Crippen molar-refractivity contribution in [2.75, 3.05) is 7.11 Å². The number of hydrogen-bond donors (Lipinski definition) is 3. The Labute approximate surface area is 155 Å². The number of ether oxygens (including phenoxy) is 1. The molecule has 7 nitrogen and oxygen atoms in total. The molecule has 0 saturated heterocycles. The Morgan fingerprint density at radius 1 is 1.11 bits per heavy atom. The standard InChI is InChI=1S/C20H19N5O2/c1-27-15-5-2-12(3-6-15)8-17(21)19-24-18-7-4-13(14-10-22-23-11-14)9-16(18)20(26)25-19/h2-7,9-11,17H,8,21H2,1H3,(H,22,23)(H,24,25,26)/t17-/m1/s1. The second-order valence-electron chi connectivity index (χ2n) is 6.28. The van der Waals surface area contributed by atoms with Gasteiger partial charge in [-0.05, 0) is 41.8 Å². The van der Waals surface area contributed by atoms with Gasteiger partial charge in [0.25, 0.3) is 0 Å². The number of methoxy groups -OCH3 is 1. The molecule has 0 fully saturated rings. The lowest BCUT2D eigenvalue weighted by atomic mass is 10.0. The van der Waals surface area contributed by atoms with Gasteiger partial charge in [-0.3, -0.25) is 5.10 Å². The first-order valence-electron chi connectivity index (χ1n) is 8.52. The van der Waals surface area contributed by atoms with Crippen molar-refractivity contribution >= 4 is 10.9 Å². The van der Waals surface area contributed by atoms with Crippen LogP contribution < -0.4 is 10.5 Å². The third-order valence-electron chi connectivity index (χ3n) is 4.47. The number of nitrogens with one attached hydrogen (secondary N) is 1. The van der Waals surface area contributed by atoms with Crippen LogP contribution in [0.1, 0.15) is 17.4 Å². The lowest BCUT2D eigenvalue weighted by molar-refractivity contribution is 0.414. The van der Waals surface area contributed by atoms with E-state index in [0.29, 0.717) is 23.1 Å². The van der Waals surface area contributed by atoms with E-state index in [1.54, 1.807) is 19.5 Å². The Balaban J connectivity index is 1.62. The summed E-state index contributed by atoms with van der Waals surface area (Å²) in [5.41, 5.74) is 9.83. The molecule has 0 radical (unpaired) electrons. The number of H-pyrrole nitrogens is 1. The van der Waals surface area contributed by atoms with Crippen LogP contribution >= 0.6 is 0 Å². The number of benzene rings is 2. The predicted octanol–water partition coefficient (Wildman–Crippen LogP) is 2.98. The highest BCUT2D eigenvalue weighted by molar-refractivity contribution is 5.87. The van der Waals surface area contributed by atoms with Gasteiger partial charge in [0.15, 0.2) is 0 Å². The maximum atomic E-state index is 10.4. The maximum Gasteiger partial charge on any atom is 0.222 e. The van der Waals surface area contributed by atoms with Gasteiger partial charge in [0.05, 0.1) is 30.3 Å². The molecule has 136 valence electrons. The summed E-state index contributed by atoms with van der Waals surface area (Å²) in [7, 11) is 1.63. The fraction of sp³-hybridized carbons (Fsp3) is 0.150. The van der Waals surface area contributed by atoms with Gasteiger partial charge in [-0.2, -0.15) is 10.1 Å². The summed E-state index contributed by atoms with van der Waals surface area (Å²) in [5, 5.41) is 17.7. The summed E-state index contributed by atoms with van der Waals surface area (Å²) in [5.74, 6) is 1.12. The quantitative estimate of drug-likeness (QED) is 0.504. The zero-order valence-electron chi connectivity index (χ0n) is 14.8. The summed E-state index contributed by atoms with van der Waals surface area (Å²) in [4.78, 5) is 8.77. The lowest BCUT2D eigenvalue weighted by Gasteiger charge is -2.13. The zero-order chi connectivity index (χ0) is 18.8. The third kappa shape index (κ3) is 3.45. The minimum atomic E-state index is -0.428. The molecule has 2 aromatic carbocycles.